The summed E-state index contributed by atoms with van der Waals surface area (Å²) >= 11 is 8.27. The van der Waals surface area contributed by atoms with Gasteiger partial charge in [0, 0.05) is 11.3 Å². The molecule has 2 amide bonds. The quantitative estimate of drug-likeness (QED) is 0.158. The van der Waals surface area contributed by atoms with Crippen LogP contribution in [0.15, 0.2) is 43.5 Å². The molecule has 7 atom stereocenters. The molecule has 3 heterocycles. The lowest BCUT2D eigenvalue weighted by Crippen LogP contribution is -2.59. The van der Waals surface area contributed by atoms with Crippen LogP contribution < -0.4 is 4.90 Å². The van der Waals surface area contributed by atoms with Crippen molar-refractivity contribution in [3.05, 3.63) is 54.1 Å². The summed E-state index contributed by atoms with van der Waals surface area (Å²) in [5, 5.41) is 11.1. The molecule has 2 unspecified atom stereocenters. The molecule has 7 nitrogen and oxygen atoms in total. The van der Waals surface area contributed by atoms with Gasteiger partial charge in [0.15, 0.2) is 0 Å². The van der Waals surface area contributed by atoms with Crippen LogP contribution in [0.25, 0.3) is 0 Å². The molecule has 0 aliphatic carbocycles. The molecule has 2 bridgehead atoms. The zero-order valence-electron chi connectivity index (χ0n) is 25.3. The Morgan fingerprint density at radius 3 is 2.64 bits per heavy atom. The van der Waals surface area contributed by atoms with Gasteiger partial charge in [-0.2, -0.15) is 0 Å². The van der Waals surface area contributed by atoms with Gasteiger partial charge in [-0.05, 0) is 63.5 Å². The number of carbonyl (C=O) groups is 3. The third-order valence-electron chi connectivity index (χ3n) is 9.63. The van der Waals surface area contributed by atoms with E-state index >= 15 is 0 Å². The molecule has 1 spiro atoms. The number of aryl methyl sites for hydroxylation is 1. The minimum Gasteiger partial charge on any atom is -0.465 e. The van der Waals surface area contributed by atoms with Crippen molar-refractivity contribution in [2.75, 3.05) is 24.7 Å². The number of likely N-dealkylation sites (tertiary alicyclic amines) is 1. The summed E-state index contributed by atoms with van der Waals surface area (Å²) in [5.74, 6) is -2.33. The van der Waals surface area contributed by atoms with E-state index in [2.05, 4.69) is 13.2 Å². The lowest BCUT2D eigenvalue weighted by molar-refractivity contribution is -0.156. The summed E-state index contributed by atoms with van der Waals surface area (Å²) in [4.78, 5) is 46.5. The van der Waals surface area contributed by atoms with E-state index in [0.29, 0.717) is 30.0 Å². The van der Waals surface area contributed by atoms with Gasteiger partial charge in [0.05, 0.1) is 46.5 Å². The summed E-state index contributed by atoms with van der Waals surface area (Å²) in [7, 11) is 0. The Morgan fingerprint density at radius 1 is 1.29 bits per heavy atom. The average molecular weight is 617 g/mol. The predicted octanol–water partition coefficient (Wildman–Crippen LogP) is 5.96. The normalized spacial score (nSPS) is 29.2. The first kappa shape index (κ1) is 32.6. The van der Waals surface area contributed by atoms with Crippen LogP contribution in [0, 0.1) is 24.7 Å². The van der Waals surface area contributed by atoms with Gasteiger partial charge in [0.2, 0.25) is 5.91 Å². The number of rotatable bonds is 14. The molecule has 9 heteroatoms. The number of amides is 2. The Bertz CT molecular complexity index is 1200. The molecular weight excluding hydrogens is 572 g/mol. The summed E-state index contributed by atoms with van der Waals surface area (Å²) in [6, 6.07) is 4.04. The lowest BCUT2D eigenvalue weighted by Gasteiger charge is -2.41. The fraction of sp³-hybridized carbons (Fsp3) is 0.606. The molecule has 3 saturated heterocycles. The Hall–Kier alpha value is -2.29. The van der Waals surface area contributed by atoms with Crippen molar-refractivity contribution in [2.45, 2.75) is 87.8 Å². The van der Waals surface area contributed by atoms with Crippen LogP contribution >= 0.6 is 23.4 Å². The number of hydrogen-bond acceptors (Lipinski definition) is 6. The molecule has 0 aromatic heterocycles. The van der Waals surface area contributed by atoms with E-state index in [0.717, 1.165) is 24.8 Å². The van der Waals surface area contributed by atoms with Crippen LogP contribution in [0.4, 0.5) is 5.69 Å². The number of ether oxygens (including phenoxy) is 1. The van der Waals surface area contributed by atoms with E-state index in [9.17, 15) is 19.5 Å². The summed E-state index contributed by atoms with van der Waals surface area (Å²) < 4.78 is 4.43. The second-order valence-corrected chi connectivity index (χ2v) is 14.5. The fourth-order valence-electron chi connectivity index (χ4n) is 7.36. The van der Waals surface area contributed by atoms with Crippen molar-refractivity contribution in [1.82, 2.24) is 4.90 Å². The highest BCUT2D eigenvalue weighted by Crippen LogP contribution is 2.72. The van der Waals surface area contributed by atoms with E-state index in [1.807, 2.05) is 45.9 Å². The van der Waals surface area contributed by atoms with Crippen molar-refractivity contribution in [3.8, 4) is 0 Å². The highest BCUT2D eigenvalue weighted by Gasteiger charge is 2.78. The molecule has 0 saturated carbocycles. The van der Waals surface area contributed by atoms with Crippen molar-refractivity contribution in [3.63, 3.8) is 0 Å². The monoisotopic (exact) mass is 616 g/mol. The molecule has 4 rings (SSSR count). The number of esters is 1. The van der Waals surface area contributed by atoms with E-state index in [1.54, 1.807) is 33.7 Å². The summed E-state index contributed by atoms with van der Waals surface area (Å²) in [6.45, 7) is 15.8. The maximum Gasteiger partial charge on any atom is 0.311 e. The second-order valence-electron chi connectivity index (χ2n) is 12.2. The van der Waals surface area contributed by atoms with Gasteiger partial charge in [0.25, 0.3) is 5.91 Å². The zero-order valence-corrected chi connectivity index (χ0v) is 26.9. The Labute approximate surface area is 259 Å². The number of aliphatic hydroxyl groups excluding tert-OH is 1. The summed E-state index contributed by atoms with van der Waals surface area (Å²) in [5.41, 5.74) is 1.41. The largest absolute Gasteiger partial charge is 0.465 e. The number of carbonyl (C=O) groups excluding carboxylic acids is 3. The maximum atomic E-state index is 14.9. The van der Waals surface area contributed by atoms with E-state index in [4.69, 9.17) is 16.3 Å². The number of halogens is 1. The third kappa shape index (κ3) is 5.43. The topological polar surface area (TPSA) is 87.1 Å². The van der Waals surface area contributed by atoms with Crippen LogP contribution in [-0.2, 0) is 19.1 Å². The van der Waals surface area contributed by atoms with Gasteiger partial charge in [-0.1, -0.05) is 56.2 Å². The number of anilines is 1. The Kier molecular flexibility index (Phi) is 10.2. The third-order valence-corrected chi connectivity index (χ3v) is 11.9. The second kappa shape index (κ2) is 13.1. The van der Waals surface area contributed by atoms with E-state index in [1.165, 1.54) is 0 Å². The van der Waals surface area contributed by atoms with Crippen molar-refractivity contribution in [2.24, 2.45) is 17.8 Å². The maximum absolute atomic E-state index is 14.9. The zero-order chi connectivity index (χ0) is 30.8. The van der Waals surface area contributed by atoms with Crippen LogP contribution in [0.3, 0.4) is 0 Å². The molecule has 1 N–H and O–H groups in total. The smallest absolute Gasteiger partial charge is 0.311 e. The van der Waals surface area contributed by atoms with E-state index < -0.39 is 33.4 Å². The Morgan fingerprint density at radius 2 is 2.02 bits per heavy atom. The van der Waals surface area contributed by atoms with Gasteiger partial charge < -0.3 is 19.6 Å². The fourth-order valence-corrected chi connectivity index (χ4v) is 10.0. The molecule has 1 aromatic carbocycles. The number of benzene rings is 1. The molecule has 3 aliphatic heterocycles. The number of aliphatic hydroxyl groups is 1. The molecule has 0 radical (unpaired) electrons. The van der Waals surface area contributed by atoms with Crippen LogP contribution in [0.2, 0.25) is 5.02 Å². The molecule has 3 aliphatic rings. The van der Waals surface area contributed by atoms with Crippen molar-refractivity contribution in [1.29, 1.82) is 0 Å². The molecule has 42 heavy (non-hydrogen) atoms. The van der Waals surface area contributed by atoms with Gasteiger partial charge in [0.1, 0.15) is 6.04 Å². The first-order valence-electron chi connectivity index (χ1n) is 15.1. The van der Waals surface area contributed by atoms with Crippen molar-refractivity contribution < 1.29 is 24.2 Å². The minimum absolute atomic E-state index is 0.0626. The number of hydrogen-bond donors (Lipinski definition) is 1. The average Bonchev–Trinajstić information content (AvgIpc) is 3.53. The van der Waals surface area contributed by atoms with Gasteiger partial charge in [-0.3, -0.25) is 14.4 Å². The summed E-state index contributed by atoms with van der Waals surface area (Å²) in [6.07, 6.45) is 7.96. The van der Waals surface area contributed by atoms with Crippen molar-refractivity contribution >= 4 is 46.8 Å². The SMILES string of the molecule is C=CCCCCOC(=O)[C@H]1[C@H]2C(=O)N([C@@H](CO)[C@@H](C)CC)C(C(=O)N(CC=C)c3c(C)cccc3Cl)C23CC[C@]1(C)S3. The highest BCUT2D eigenvalue weighted by molar-refractivity contribution is 8.02. The first-order valence-corrected chi connectivity index (χ1v) is 16.3. The van der Waals surface area contributed by atoms with Gasteiger partial charge in [-0.15, -0.1) is 24.9 Å². The van der Waals surface area contributed by atoms with Crippen LogP contribution in [0.1, 0.15) is 64.9 Å². The van der Waals surface area contributed by atoms with Crippen LogP contribution in [-0.4, -0.2) is 69.1 Å². The molecule has 3 fully saturated rings. The number of para-hydroxylation sites is 1. The first-order chi connectivity index (χ1) is 20.0. The Balaban J connectivity index is 1.80. The van der Waals surface area contributed by atoms with Gasteiger partial charge in [-0.25, -0.2) is 0 Å². The molecular formula is C33H45ClN2O5S. The number of allylic oxidation sites excluding steroid dienone is 1. The molecule has 230 valence electrons. The molecule has 1 aromatic rings. The minimum atomic E-state index is -0.881. The number of fused-ring (bicyclic) bond motifs is 1. The standard InChI is InChI=1S/C33H45ClN2O5S/c1-7-10-11-12-19-41-31(40)26-25-29(38)36(24(20-37)21(4)9-3)28(33(25)17-16-32(26,6)42-33)30(39)35(18-8-2)27-22(5)14-13-15-23(27)34/h7-8,13-15,21,24-26,28,37H,1-2,9-12,16-20H2,3-6H3/t21-,24-,25-,26+,28?,32-,33?/m0/s1. The van der Waals surface area contributed by atoms with Crippen LogP contribution in [0.5, 0.6) is 0 Å². The number of thioether (sulfide) groups is 1. The van der Waals surface area contributed by atoms with Gasteiger partial charge >= 0.3 is 5.97 Å². The highest BCUT2D eigenvalue weighted by atomic mass is 35.5. The lowest BCUT2D eigenvalue weighted by atomic mass is 9.66. The van der Waals surface area contributed by atoms with E-state index in [-0.39, 0.29) is 43.5 Å². The predicted molar refractivity (Wildman–Crippen MR) is 170 cm³/mol. The number of unbranched alkanes of at least 4 members (excludes halogenated alkanes) is 2. The number of nitrogens with zero attached hydrogens (tertiary/aromatic N) is 2.